The molecule has 142 valence electrons. The lowest BCUT2D eigenvalue weighted by atomic mass is 10.1. The molecule has 27 heavy (non-hydrogen) atoms. The van der Waals surface area contributed by atoms with E-state index in [4.69, 9.17) is 0 Å². The van der Waals surface area contributed by atoms with Crippen LogP contribution in [0.1, 0.15) is 12.0 Å². The average Bonchev–Trinajstić information content (AvgIpc) is 3.02. The Kier molecular flexibility index (Phi) is 5.75. The van der Waals surface area contributed by atoms with E-state index in [0.717, 1.165) is 5.56 Å². The zero-order valence-corrected chi connectivity index (χ0v) is 15.5. The summed E-state index contributed by atoms with van der Waals surface area (Å²) in [6.45, 7) is 0.819. The highest BCUT2D eigenvalue weighted by Gasteiger charge is 2.28. The number of nitrogens with one attached hydrogen (secondary N) is 2. The predicted molar refractivity (Wildman–Crippen MR) is 104 cm³/mol. The summed E-state index contributed by atoms with van der Waals surface area (Å²) in [6.07, 6.45) is 1.24. The predicted octanol–water partition coefficient (Wildman–Crippen LogP) is 1.52. The van der Waals surface area contributed by atoms with Crippen LogP contribution < -0.4 is 14.9 Å². The van der Waals surface area contributed by atoms with Crippen LogP contribution in [0.2, 0.25) is 0 Å². The highest BCUT2D eigenvalue weighted by atomic mass is 32.2. The van der Waals surface area contributed by atoms with Gasteiger partial charge in [-0.15, -0.1) is 0 Å². The number of carbonyl (C=O) groups is 2. The number of sulfonamides is 1. The van der Waals surface area contributed by atoms with E-state index in [-0.39, 0.29) is 5.75 Å². The lowest BCUT2D eigenvalue weighted by Gasteiger charge is -2.17. The Labute approximate surface area is 158 Å². The molecule has 2 N–H and O–H groups in total. The van der Waals surface area contributed by atoms with E-state index in [1.54, 1.807) is 24.3 Å². The fourth-order valence-corrected chi connectivity index (χ4v) is 4.44. The van der Waals surface area contributed by atoms with Crippen molar-refractivity contribution in [1.29, 1.82) is 0 Å². The molecule has 0 aromatic heterocycles. The number of anilines is 2. The first-order chi connectivity index (χ1) is 13.0. The van der Waals surface area contributed by atoms with Crippen LogP contribution in [0.15, 0.2) is 54.6 Å². The zero-order chi connectivity index (χ0) is 19.3. The zero-order valence-electron chi connectivity index (χ0n) is 14.7. The summed E-state index contributed by atoms with van der Waals surface area (Å²) in [7, 11) is -3.24. The maximum atomic E-state index is 12.0. The van der Waals surface area contributed by atoms with Gasteiger partial charge in [-0.05, 0) is 42.7 Å². The Hall–Kier alpha value is -2.87. The molecule has 1 fully saturated rings. The summed E-state index contributed by atoms with van der Waals surface area (Å²) in [4.78, 5) is 23.9. The highest BCUT2D eigenvalue weighted by molar-refractivity contribution is 7.93. The van der Waals surface area contributed by atoms with Crippen LogP contribution in [0, 0.1) is 0 Å². The van der Waals surface area contributed by atoms with Crippen molar-refractivity contribution in [3.8, 4) is 0 Å². The lowest BCUT2D eigenvalue weighted by molar-refractivity contribution is -0.136. The molecule has 2 aromatic carbocycles. The van der Waals surface area contributed by atoms with Gasteiger partial charge in [0.2, 0.25) is 10.0 Å². The topological polar surface area (TPSA) is 95.6 Å². The third kappa shape index (κ3) is 4.85. The maximum Gasteiger partial charge on any atom is 0.313 e. The molecule has 0 radical (unpaired) electrons. The van der Waals surface area contributed by atoms with Gasteiger partial charge in [0.25, 0.3) is 0 Å². The largest absolute Gasteiger partial charge is 0.347 e. The SMILES string of the molecule is O=C(NCCc1ccccc1)C(=O)Nc1ccc(N2CCCS2(=O)=O)cc1. The Morgan fingerprint density at radius 3 is 2.30 bits per heavy atom. The molecule has 0 bridgehead atoms. The van der Waals surface area contributed by atoms with Crippen LogP contribution in [0.5, 0.6) is 0 Å². The highest BCUT2D eigenvalue weighted by Crippen LogP contribution is 2.25. The van der Waals surface area contributed by atoms with Gasteiger partial charge in [-0.25, -0.2) is 8.42 Å². The van der Waals surface area contributed by atoms with Crippen LogP contribution in [-0.4, -0.2) is 39.1 Å². The van der Waals surface area contributed by atoms with Crippen molar-refractivity contribution in [2.45, 2.75) is 12.8 Å². The second kappa shape index (κ2) is 8.22. The van der Waals surface area contributed by atoms with Crippen molar-refractivity contribution in [2.24, 2.45) is 0 Å². The van der Waals surface area contributed by atoms with Gasteiger partial charge in [-0.2, -0.15) is 0 Å². The summed E-state index contributed by atoms with van der Waals surface area (Å²) in [5.41, 5.74) is 2.06. The number of carbonyl (C=O) groups excluding carboxylic acids is 2. The normalized spacial score (nSPS) is 15.3. The van der Waals surface area contributed by atoms with Gasteiger partial charge in [-0.3, -0.25) is 13.9 Å². The Morgan fingerprint density at radius 2 is 1.67 bits per heavy atom. The van der Waals surface area contributed by atoms with E-state index in [9.17, 15) is 18.0 Å². The number of benzene rings is 2. The molecule has 0 spiro atoms. The number of amides is 2. The molecule has 1 aliphatic rings. The molecule has 0 aliphatic carbocycles. The molecule has 3 rings (SSSR count). The van der Waals surface area contributed by atoms with Gasteiger partial charge in [0.1, 0.15) is 0 Å². The summed E-state index contributed by atoms with van der Waals surface area (Å²) >= 11 is 0. The van der Waals surface area contributed by atoms with E-state index in [0.29, 0.717) is 37.3 Å². The van der Waals surface area contributed by atoms with Crippen molar-refractivity contribution in [3.05, 3.63) is 60.2 Å². The molecule has 1 heterocycles. The first-order valence-corrected chi connectivity index (χ1v) is 10.3. The fraction of sp³-hybridized carbons (Fsp3) is 0.263. The van der Waals surface area contributed by atoms with E-state index >= 15 is 0 Å². The molecule has 1 saturated heterocycles. The van der Waals surface area contributed by atoms with Gasteiger partial charge < -0.3 is 10.6 Å². The summed E-state index contributed by atoms with van der Waals surface area (Å²) < 4.78 is 25.2. The Bertz CT molecular complexity index is 912. The molecule has 1 aliphatic heterocycles. The van der Waals surface area contributed by atoms with Gasteiger partial charge in [0.05, 0.1) is 11.4 Å². The van der Waals surface area contributed by atoms with E-state index < -0.39 is 21.8 Å². The fourth-order valence-electron chi connectivity index (χ4n) is 2.87. The number of hydrogen-bond acceptors (Lipinski definition) is 4. The first-order valence-electron chi connectivity index (χ1n) is 8.69. The quantitative estimate of drug-likeness (QED) is 0.761. The summed E-state index contributed by atoms with van der Waals surface area (Å²) in [6, 6.07) is 16.1. The van der Waals surface area contributed by atoms with Crippen molar-refractivity contribution >= 4 is 33.2 Å². The molecule has 2 amide bonds. The molecule has 0 atom stereocenters. The average molecular weight is 387 g/mol. The third-order valence-electron chi connectivity index (χ3n) is 4.26. The first kappa shape index (κ1) is 18.9. The maximum absolute atomic E-state index is 12.0. The summed E-state index contributed by atoms with van der Waals surface area (Å²) in [5.74, 6) is -1.32. The van der Waals surface area contributed by atoms with Crippen molar-refractivity contribution in [1.82, 2.24) is 5.32 Å². The lowest BCUT2D eigenvalue weighted by Crippen LogP contribution is -2.36. The Balaban J connectivity index is 1.50. The van der Waals surface area contributed by atoms with Gasteiger partial charge in [0.15, 0.2) is 0 Å². The molecule has 7 nitrogen and oxygen atoms in total. The van der Waals surface area contributed by atoms with Crippen molar-refractivity contribution < 1.29 is 18.0 Å². The number of nitrogens with zero attached hydrogens (tertiary/aromatic N) is 1. The summed E-state index contributed by atoms with van der Waals surface area (Å²) in [5, 5.41) is 5.09. The minimum absolute atomic E-state index is 0.147. The minimum atomic E-state index is -3.24. The Morgan fingerprint density at radius 1 is 0.963 bits per heavy atom. The monoisotopic (exact) mass is 387 g/mol. The molecular weight excluding hydrogens is 366 g/mol. The third-order valence-corrected chi connectivity index (χ3v) is 6.13. The van der Waals surface area contributed by atoms with Gasteiger partial charge in [0, 0.05) is 18.8 Å². The van der Waals surface area contributed by atoms with Crippen LogP contribution in [0.3, 0.4) is 0 Å². The van der Waals surface area contributed by atoms with Crippen LogP contribution in [-0.2, 0) is 26.0 Å². The number of rotatable bonds is 5. The molecule has 0 unspecified atom stereocenters. The second-order valence-corrected chi connectivity index (χ2v) is 8.25. The van der Waals surface area contributed by atoms with E-state index in [2.05, 4.69) is 10.6 Å². The smallest absolute Gasteiger partial charge is 0.313 e. The second-order valence-electron chi connectivity index (χ2n) is 6.23. The molecule has 8 heteroatoms. The minimum Gasteiger partial charge on any atom is -0.347 e. The van der Waals surface area contributed by atoms with Crippen LogP contribution >= 0.6 is 0 Å². The van der Waals surface area contributed by atoms with Gasteiger partial charge in [-0.1, -0.05) is 30.3 Å². The van der Waals surface area contributed by atoms with Gasteiger partial charge >= 0.3 is 11.8 Å². The van der Waals surface area contributed by atoms with E-state index in [1.165, 1.54) is 4.31 Å². The van der Waals surface area contributed by atoms with Crippen LogP contribution in [0.25, 0.3) is 0 Å². The van der Waals surface area contributed by atoms with Crippen LogP contribution in [0.4, 0.5) is 11.4 Å². The van der Waals surface area contributed by atoms with Crippen molar-refractivity contribution in [3.63, 3.8) is 0 Å². The standard InChI is InChI=1S/C19H21N3O4S/c23-18(20-12-11-15-5-2-1-3-6-15)19(24)21-16-7-9-17(10-8-16)22-13-4-14-27(22,25)26/h1-3,5-10H,4,11-14H2,(H,20,23)(H,21,24). The molecule has 2 aromatic rings. The molecular formula is C19H21N3O4S. The number of hydrogen-bond donors (Lipinski definition) is 2. The van der Waals surface area contributed by atoms with Crippen molar-refractivity contribution in [2.75, 3.05) is 28.5 Å². The molecule has 0 saturated carbocycles. The van der Waals surface area contributed by atoms with E-state index in [1.807, 2.05) is 30.3 Å².